The van der Waals surface area contributed by atoms with Gasteiger partial charge in [-0.1, -0.05) is 0 Å². The molecule has 0 radical (unpaired) electrons. The number of hydrogen-bond acceptors (Lipinski definition) is 5. The highest BCUT2D eigenvalue weighted by molar-refractivity contribution is 5.56. The van der Waals surface area contributed by atoms with Crippen molar-refractivity contribution in [1.82, 2.24) is 4.98 Å². The Balaban J connectivity index is 2.20. The maximum absolute atomic E-state index is 8.91. The Labute approximate surface area is 99.3 Å². The monoisotopic (exact) mass is 234 g/mol. The number of rotatable bonds is 4. The van der Waals surface area contributed by atoms with E-state index in [0.717, 1.165) is 11.4 Å². The first-order valence-electron chi connectivity index (χ1n) is 5.17. The van der Waals surface area contributed by atoms with Gasteiger partial charge in [-0.3, -0.25) is 4.90 Å². The standard InChI is InChI=1S/C12H14N2O3/c1-14(12-13-9(7-15)8-17-12)10-3-5-11(16-2)6-4-10/h3-6,8,15H,7H2,1-2H3. The molecule has 0 bridgehead atoms. The Hall–Kier alpha value is -2.01. The minimum absolute atomic E-state index is 0.125. The highest BCUT2D eigenvalue weighted by Crippen LogP contribution is 2.24. The van der Waals surface area contributed by atoms with Crippen molar-refractivity contribution in [2.45, 2.75) is 6.61 Å². The maximum Gasteiger partial charge on any atom is 0.301 e. The molecular weight excluding hydrogens is 220 g/mol. The number of benzene rings is 1. The molecule has 0 atom stereocenters. The summed E-state index contributed by atoms with van der Waals surface area (Å²) in [6, 6.07) is 7.98. The third-order valence-corrected chi connectivity index (χ3v) is 2.45. The van der Waals surface area contributed by atoms with E-state index < -0.39 is 0 Å². The Kier molecular flexibility index (Phi) is 3.30. The minimum atomic E-state index is -0.125. The summed E-state index contributed by atoms with van der Waals surface area (Å²) in [5.74, 6) is 0.797. The average Bonchev–Trinajstić information content (AvgIpc) is 2.87. The van der Waals surface area contributed by atoms with Crippen molar-refractivity contribution in [2.24, 2.45) is 0 Å². The summed E-state index contributed by atoms with van der Waals surface area (Å²) < 4.78 is 10.3. The topological polar surface area (TPSA) is 58.7 Å². The van der Waals surface area contributed by atoms with Gasteiger partial charge in [-0.15, -0.1) is 0 Å². The molecule has 1 heterocycles. The Morgan fingerprint density at radius 3 is 2.59 bits per heavy atom. The van der Waals surface area contributed by atoms with Crippen LogP contribution >= 0.6 is 0 Å². The number of methoxy groups -OCH3 is 1. The van der Waals surface area contributed by atoms with Crippen LogP contribution in [0.25, 0.3) is 0 Å². The number of hydrogen-bond donors (Lipinski definition) is 1. The molecule has 0 saturated heterocycles. The van der Waals surface area contributed by atoms with Gasteiger partial charge in [-0.05, 0) is 24.3 Å². The van der Waals surface area contributed by atoms with Crippen LogP contribution < -0.4 is 9.64 Å². The lowest BCUT2D eigenvalue weighted by Gasteiger charge is -2.14. The summed E-state index contributed by atoms with van der Waals surface area (Å²) in [6.45, 7) is -0.125. The van der Waals surface area contributed by atoms with Gasteiger partial charge in [0.25, 0.3) is 0 Å². The summed E-state index contributed by atoms with van der Waals surface area (Å²) in [7, 11) is 3.47. The number of anilines is 2. The number of ether oxygens (including phenoxy) is 1. The fourth-order valence-corrected chi connectivity index (χ4v) is 1.44. The van der Waals surface area contributed by atoms with Crippen molar-refractivity contribution in [2.75, 3.05) is 19.1 Å². The van der Waals surface area contributed by atoms with Crippen molar-refractivity contribution >= 4 is 11.7 Å². The van der Waals surface area contributed by atoms with Crippen molar-refractivity contribution in [1.29, 1.82) is 0 Å². The van der Waals surface area contributed by atoms with Crippen LogP contribution in [0.15, 0.2) is 34.9 Å². The molecule has 2 aromatic rings. The minimum Gasteiger partial charge on any atom is -0.497 e. The number of aliphatic hydroxyl groups is 1. The second kappa shape index (κ2) is 4.88. The quantitative estimate of drug-likeness (QED) is 0.876. The summed E-state index contributed by atoms with van der Waals surface area (Å²) >= 11 is 0. The predicted molar refractivity (Wildman–Crippen MR) is 63.5 cm³/mol. The maximum atomic E-state index is 8.91. The van der Waals surface area contributed by atoms with E-state index in [1.165, 1.54) is 6.26 Å². The summed E-state index contributed by atoms with van der Waals surface area (Å²) in [4.78, 5) is 5.92. The smallest absolute Gasteiger partial charge is 0.301 e. The third kappa shape index (κ3) is 2.39. The molecule has 0 saturated carbocycles. The van der Waals surface area contributed by atoms with Crippen LogP contribution in [0.2, 0.25) is 0 Å². The molecule has 0 aliphatic rings. The fraction of sp³-hybridized carbons (Fsp3) is 0.250. The van der Waals surface area contributed by atoms with Gasteiger partial charge in [0.05, 0.1) is 13.7 Å². The van der Waals surface area contributed by atoms with E-state index >= 15 is 0 Å². The number of aromatic nitrogens is 1. The highest BCUT2D eigenvalue weighted by atomic mass is 16.5. The number of nitrogens with zero attached hydrogens (tertiary/aromatic N) is 2. The normalized spacial score (nSPS) is 10.3. The van der Waals surface area contributed by atoms with Crippen molar-refractivity contribution in [3.8, 4) is 5.75 Å². The Morgan fingerprint density at radius 2 is 2.06 bits per heavy atom. The van der Waals surface area contributed by atoms with Gasteiger partial charge >= 0.3 is 6.01 Å². The van der Waals surface area contributed by atoms with E-state index in [-0.39, 0.29) is 6.61 Å². The molecule has 0 aliphatic carbocycles. The highest BCUT2D eigenvalue weighted by Gasteiger charge is 2.10. The first kappa shape index (κ1) is 11.5. The van der Waals surface area contributed by atoms with Crippen LogP contribution in [0.5, 0.6) is 5.75 Å². The zero-order valence-corrected chi connectivity index (χ0v) is 9.75. The molecule has 5 nitrogen and oxygen atoms in total. The average molecular weight is 234 g/mol. The zero-order valence-electron chi connectivity index (χ0n) is 9.75. The van der Waals surface area contributed by atoms with E-state index in [0.29, 0.717) is 11.7 Å². The van der Waals surface area contributed by atoms with Crippen LogP contribution in [0.1, 0.15) is 5.69 Å². The SMILES string of the molecule is COc1ccc(N(C)c2nc(CO)co2)cc1. The van der Waals surface area contributed by atoms with Crippen molar-refractivity contribution in [3.63, 3.8) is 0 Å². The van der Waals surface area contributed by atoms with Gasteiger partial charge in [0.15, 0.2) is 0 Å². The second-order valence-corrected chi connectivity index (χ2v) is 3.54. The van der Waals surface area contributed by atoms with Crippen LogP contribution in [0.3, 0.4) is 0 Å². The van der Waals surface area contributed by atoms with Crippen LogP contribution in [-0.2, 0) is 6.61 Å². The van der Waals surface area contributed by atoms with Crippen LogP contribution in [0.4, 0.5) is 11.7 Å². The molecule has 17 heavy (non-hydrogen) atoms. The molecule has 1 aromatic carbocycles. The zero-order chi connectivity index (χ0) is 12.3. The Morgan fingerprint density at radius 1 is 1.35 bits per heavy atom. The lowest BCUT2D eigenvalue weighted by molar-refractivity contribution is 0.276. The summed E-state index contributed by atoms with van der Waals surface area (Å²) in [5.41, 5.74) is 1.44. The largest absolute Gasteiger partial charge is 0.497 e. The molecule has 90 valence electrons. The van der Waals surface area contributed by atoms with Gasteiger partial charge in [0, 0.05) is 12.7 Å². The molecule has 2 rings (SSSR count). The first-order chi connectivity index (χ1) is 8.24. The second-order valence-electron chi connectivity index (χ2n) is 3.54. The lowest BCUT2D eigenvalue weighted by atomic mass is 10.3. The molecule has 1 N–H and O–H groups in total. The summed E-state index contributed by atoms with van der Waals surface area (Å²) in [6.07, 6.45) is 1.44. The van der Waals surface area contributed by atoms with Gasteiger partial charge in [0.2, 0.25) is 0 Å². The number of aliphatic hydroxyl groups excluding tert-OH is 1. The van der Waals surface area contributed by atoms with Crippen molar-refractivity contribution in [3.05, 3.63) is 36.2 Å². The predicted octanol–water partition coefficient (Wildman–Crippen LogP) is 1.94. The van der Waals surface area contributed by atoms with Crippen LogP contribution in [-0.4, -0.2) is 24.2 Å². The van der Waals surface area contributed by atoms with E-state index in [1.54, 1.807) is 12.0 Å². The number of oxazole rings is 1. The van der Waals surface area contributed by atoms with Gasteiger partial charge < -0.3 is 14.3 Å². The molecule has 0 unspecified atom stereocenters. The van der Waals surface area contributed by atoms with E-state index in [9.17, 15) is 0 Å². The molecule has 0 spiro atoms. The van der Waals surface area contributed by atoms with Crippen molar-refractivity contribution < 1.29 is 14.3 Å². The molecule has 1 aromatic heterocycles. The summed E-state index contributed by atoms with van der Waals surface area (Å²) in [5, 5.41) is 8.91. The van der Waals surface area contributed by atoms with E-state index in [4.69, 9.17) is 14.3 Å². The van der Waals surface area contributed by atoms with E-state index in [2.05, 4.69) is 4.98 Å². The molecule has 5 heteroatoms. The molecular formula is C12H14N2O3. The fourth-order valence-electron chi connectivity index (χ4n) is 1.44. The van der Waals surface area contributed by atoms with Gasteiger partial charge in [0.1, 0.15) is 17.7 Å². The molecule has 0 amide bonds. The third-order valence-electron chi connectivity index (χ3n) is 2.45. The lowest BCUT2D eigenvalue weighted by Crippen LogP contribution is -2.09. The van der Waals surface area contributed by atoms with E-state index in [1.807, 2.05) is 31.3 Å². The molecule has 0 aliphatic heterocycles. The van der Waals surface area contributed by atoms with Crippen LogP contribution in [0, 0.1) is 0 Å². The first-order valence-corrected chi connectivity index (χ1v) is 5.17. The Bertz CT molecular complexity index is 479. The van der Waals surface area contributed by atoms with Gasteiger partial charge in [-0.2, -0.15) is 4.98 Å². The van der Waals surface area contributed by atoms with Gasteiger partial charge in [-0.25, -0.2) is 0 Å². The molecule has 0 fully saturated rings.